The van der Waals surface area contributed by atoms with Crippen LogP contribution in [0.2, 0.25) is 5.02 Å². The van der Waals surface area contributed by atoms with Crippen molar-refractivity contribution in [2.24, 2.45) is 0 Å². The first-order valence-electron chi connectivity index (χ1n) is 6.02. The van der Waals surface area contributed by atoms with E-state index in [2.05, 4.69) is 15.9 Å². The maximum Gasteiger partial charge on any atom is 0.163 e. The van der Waals surface area contributed by atoms with Gasteiger partial charge in [-0.2, -0.15) is 0 Å². The van der Waals surface area contributed by atoms with Crippen LogP contribution in [0, 0.1) is 5.82 Å². The maximum absolute atomic E-state index is 14.2. The molecule has 0 aliphatic heterocycles. The van der Waals surface area contributed by atoms with Gasteiger partial charge in [-0.1, -0.05) is 33.6 Å². The third-order valence-electron chi connectivity index (χ3n) is 3.05. The third kappa shape index (κ3) is 3.31. The molecule has 0 spiro atoms. The predicted molar refractivity (Wildman–Crippen MR) is 82.7 cm³/mol. The third-order valence-corrected chi connectivity index (χ3v) is 3.98. The molecule has 1 atom stereocenters. The number of aliphatic hydroxyl groups is 1. The van der Waals surface area contributed by atoms with Crippen molar-refractivity contribution in [3.05, 3.63) is 56.8 Å². The highest BCUT2D eigenvalue weighted by molar-refractivity contribution is 9.10. The topological polar surface area (TPSA) is 38.7 Å². The van der Waals surface area contributed by atoms with Gasteiger partial charge in [0.2, 0.25) is 0 Å². The van der Waals surface area contributed by atoms with Gasteiger partial charge in [0.1, 0.15) is 11.9 Å². The Kier molecular flexibility index (Phi) is 5.08. The molecule has 0 aliphatic carbocycles. The SMILES string of the molecule is COc1cc(F)c(C(O)c2ccc(Cl)cc2Br)cc1OC. The molecule has 1 N–H and O–H groups in total. The second-order valence-corrected chi connectivity index (χ2v) is 5.59. The molecule has 0 fully saturated rings. The molecule has 2 aromatic carbocycles. The van der Waals surface area contributed by atoms with Gasteiger partial charge in [-0.25, -0.2) is 4.39 Å². The molecule has 0 aromatic heterocycles. The van der Waals surface area contributed by atoms with Gasteiger partial charge in [-0.05, 0) is 23.8 Å². The van der Waals surface area contributed by atoms with Crippen LogP contribution in [0.1, 0.15) is 17.2 Å². The first-order valence-corrected chi connectivity index (χ1v) is 7.19. The van der Waals surface area contributed by atoms with E-state index in [0.717, 1.165) is 0 Å². The minimum atomic E-state index is -1.16. The van der Waals surface area contributed by atoms with Gasteiger partial charge < -0.3 is 14.6 Å². The predicted octanol–water partition coefficient (Wildman–Crippen LogP) is 4.34. The van der Waals surface area contributed by atoms with Crippen molar-refractivity contribution in [1.29, 1.82) is 0 Å². The maximum atomic E-state index is 14.2. The average molecular weight is 376 g/mol. The van der Waals surface area contributed by atoms with Crippen molar-refractivity contribution in [1.82, 2.24) is 0 Å². The first kappa shape index (κ1) is 16.1. The van der Waals surface area contributed by atoms with Crippen LogP contribution in [0.3, 0.4) is 0 Å². The highest BCUT2D eigenvalue weighted by atomic mass is 79.9. The fraction of sp³-hybridized carbons (Fsp3) is 0.200. The highest BCUT2D eigenvalue weighted by Gasteiger charge is 2.21. The van der Waals surface area contributed by atoms with E-state index in [1.165, 1.54) is 26.4 Å². The Morgan fingerprint density at radius 3 is 2.29 bits per heavy atom. The van der Waals surface area contributed by atoms with E-state index in [9.17, 15) is 9.50 Å². The van der Waals surface area contributed by atoms with Crippen LogP contribution in [0.4, 0.5) is 4.39 Å². The summed E-state index contributed by atoms with van der Waals surface area (Å²) in [5, 5.41) is 10.9. The summed E-state index contributed by atoms with van der Waals surface area (Å²) < 4.78 is 24.9. The van der Waals surface area contributed by atoms with Gasteiger partial charge in [0.05, 0.1) is 14.2 Å². The molecule has 6 heteroatoms. The number of methoxy groups -OCH3 is 2. The Hall–Kier alpha value is -1.30. The minimum absolute atomic E-state index is 0.0932. The zero-order chi connectivity index (χ0) is 15.6. The van der Waals surface area contributed by atoms with Gasteiger partial charge in [-0.3, -0.25) is 0 Å². The zero-order valence-electron chi connectivity index (χ0n) is 11.4. The molecule has 0 amide bonds. The molecule has 0 heterocycles. The number of rotatable bonds is 4. The van der Waals surface area contributed by atoms with Crippen molar-refractivity contribution < 1.29 is 19.0 Å². The van der Waals surface area contributed by atoms with Crippen molar-refractivity contribution in [2.75, 3.05) is 14.2 Å². The highest BCUT2D eigenvalue weighted by Crippen LogP contribution is 2.37. The monoisotopic (exact) mass is 374 g/mol. The summed E-state index contributed by atoms with van der Waals surface area (Å²) in [7, 11) is 2.87. The quantitative estimate of drug-likeness (QED) is 0.864. The molecule has 0 aliphatic rings. The summed E-state index contributed by atoms with van der Waals surface area (Å²) in [6.07, 6.45) is -1.16. The number of hydrogen-bond acceptors (Lipinski definition) is 3. The Balaban J connectivity index is 2.50. The van der Waals surface area contributed by atoms with E-state index >= 15 is 0 Å². The molecule has 1 unspecified atom stereocenters. The van der Waals surface area contributed by atoms with E-state index in [4.69, 9.17) is 21.1 Å². The molecular weight excluding hydrogens is 363 g/mol. The second-order valence-electron chi connectivity index (χ2n) is 4.30. The van der Waals surface area contributed by atoms with Crippen LogP contribution >= 0.6 is 27.5 Å². The van der Waals surface area contributed by atoms with Crippen molar-refractivity contribution in [3.63, 3.8) is 0 Å². The molecule has 2 rings (SSSR count). The van der Waals surface area contributed by atoms with Crippen LogP contribution in [-0.4, -0.2) is 19.3 Å². The molecule has 0 saturated heterocycles. The summed E-state index contributed by atoms with van der Waals surface area (Å²) in [6.45, 7) is 0. The smallest absolute Gasteiger partial charge is 0.163 e. The average Bonchev–Trinajstić information content (AvgIpc) is 2.46. The number of halogens is 3. The molecular formula is C15H13BrClFO3. The molecule has 21 heavy (non-hydrogen) atoms. The molecule has 0 bridgehead atoms. The Bertz CT molecular complexity index is 664. The summed E-state index contributed by atoms with van der Waals surface area (Å²) in [5.74, 6) is 0.0288. The lowest BCUT2D eigenvalue weighted by molar-refractivity contribution is 0.213. The first-order chi connectivity index (χ1) is 9.97. The van der Waals surface area contributed by atoms with E-state index in [1.807, 2.05) is 0 Å². The van der Waals surface area contributed by atoms with Crippen LogP contribution in [0.15, 0.2) is 34.8 Å². The van der Waals surface area contributed by atoms with Crippen LogP contribution in [0.5, 0.6) is 11.5 Å². The number of hydrogen-bond donors (Lipinski definition) is 1. The molecule has 112 valence electrons. The lowest BCUT2D eigenvalue weighted by Crippen LogP contribution is -2.05. The van der Waals surface area contributed by atoms with Gasteiger partial charge in [-0.15, -0.1) is 0 Å². The molecule has 3 nitrogen and oxygen atoms in total. The van der Waals surface area contributed by atoms with Crippen molar-refractivity contribution >= 4 is 27.5 Å². The molecule has 2 aromatic rings. The van der Waals surface area contributed by atoms with Crippen LogP contribution in [-0.2, 0) is 0 Å². The van der Waals surface area contributed by atoms with Crippen LogP contribution < -0.4 is 9.47 Å². The summed E-state index contributed by atoms with van der Waals surface area (Å²) in [6, 6.07) is 7.50. The van der Waals surface area contributed by atoms with Gasteiger partial charge in [0.25, 0.3) is 0 Å². The zero-order valence-corrected chi connectivity index (χ0v) is 13.7. The number of ether oxygens (including phenoxy) is 2. The normalized spacial score (nSPS) is 12.1. The fourth-order valence-corrected chi connectivity index (χ4v) is 2.87. The van der Waals surface area contributed by atoms with Crippen LogP contribution in [0.25, 0.3) is 0 Å². The Labute approximate surface area is 135 Å². The summed E-state index contributed by atoms with van der Waals surface area (Å²) in [4.78, 5) is 0. The van der Waals surface area contributed by atoms with Gasteiger partial charge in [0.15, 0.2) is 11.5 Å². The lowest BCUT2D eigenvalue weighted by Gasteiger charge is -2.17. The lowest BCUT2D eigenvalue weighted by atomic mass is 10.0. The van der Waals surface area contributed by atoms with E-state index < -0.39 is 11.9 Å². The minimum Gasteiger partial charge on any atom is -0.493 e. The summed E-state index contributed by atoms with van der Waals surface area (Å²) in [5.41, 5.74) is 0.598. The fourth-order valence-electron chi connectivity index (χ4n) is 1.97. The second kappa shape index (κ2) is 6.64. The van der Waals surface area contributed by atoms with E-state index in [1.54, 1.807) is 18.2 Å². The standard InChI is InChI=1S/C15H13BrClFO3/c1-20-13-6-10(12(18)7-14(13)21-2)15(19)9-4-3-8(17)5-11(9)16/h3-7,15,19H,1-2H3. The van der Waals surface area contributed by atoms with Gasteiger partial charge >= 0.3 is 0 Å². The molecule has 0 radical (unpaired) electrons. The summed E-state index contributed by atoms with van der Waals surface area (Å²) >= 11 is 9.17. The number of benzene rings is 2. The largest absolute Gasteiger partial charge is 0.493 e. The van der Waals surface area contributed by atoms with Crippen molar-refractivity contribution in [2.45, 2.75) is 6.10 Å². The van der Waals surface area contributed by atoms with E-state index in [0.29, 0.717) is 20.8 Å². The van der Waals surface area contributed by atoms with Crippen molar-refractivity contribution in [3.8, 4) is 11.5 Å². The van der Waals surface area contributed by atoms with E-state index in [-0.39, 0.29) is 11.3 Å². The Morgan fingerprint density at radius 2 is 1.71 bits per heavy atom. The Morgan fingerprint density at radius 1 is 1.10 bits per heavy atom. The molecule has 0 saturated carbocycles. The van der Waals surface area contributed by atoms with Gasteiger partial charge in [0, 0.05) is 21.1 Å². The number of aliphatic hydroxyl groups excluding tert-OH is 1.